The van der Waals surface area contributed by atoms with Crippen LogP contribution >= 0.6 is 11.8 Å². The van der Waals surface area contributed by atoms with Crippen molar-refractivity contribution < 1.29 is 14.6 Å². The number of nitrogens with one attached hydrogen (secondary N) is 1. The molecule has 0 spiro atoms. The lowest BCUT2D eigenvalue weighted by Crippen LogP contribution is -2.48. The summed E-state index contributed by atoms with van der Waals surface area (Å²) in [5.74, 6) is 1.58. The summed E-state index contributed by atoms with van der Waals surface area (Å²) in [4.78, 5) is 18.4. The van der Waals surface area contributed by atoms with Gasteiger partial charge in [-0.2, -0.15) is 0 Å². The van der Waals surface area contributed by atoms with E-state index in [0.717, 1.165) is 43.3 Å². The largest absolute Gasteiger partial charge is 0.513 e. The van der Waals surface area contributed by atoms with Gasteiger partial charge in [0.05, 0.1) is 17.9 Å². The average Bonchev–Trinajstić information content (AvgIpc) is 3.25. The van der Waals surface area contributed by atoms with Crippen molar-refractivity contribution in [2.24, 2.45) is 0 Å². The molecule has 2 N–H and O–H groups in total. The molecule has 0 atom stereocenters. The third-order valence-electron chi connectivity index (χ3n) is 5.70. The maximum absolute atomic E-state index is 13.2. The van der Waals surface area contributed by atoms with Gasteiger partial charge in [-0.3, -0.25) is 9.69 Å². The van der Waals surface area contributed by atoms with Crippen LogP contribution in [0.5, 0.6) is 5.75 Å². The van der Waals surface area contributed by atoms with E-state index in [2.05, 4.69) is 23.1 Å². The molecule has 0 aliphatic carbocycles. The van der Waals surface area contributed by atoms with Crippen LogP contribution in [0.2, 0.25) is 0 Å². The Balaban J connectivity index is 1.33. The highest BCUT2D eigenvalue weighted by molar-refractivity contribution is 8.00. The second-order valence-electron chi connectivity index (χ2n) is 8.20. The summed E-state index contributed by atoms with van der Waals surface area (Å²) in [6, 6.07) is 14.0. The summed E-state index contributed by atoms with van der Waals surface area (Å²) in [5, 5.41) is 17.3. The quantitative estimate of drug-likeness (QED) is 0.376. The van der Waals surface area contributed by atoms with Crippen LogP contribution in [0.4, 0.5) is 0 Å². The summed E-state index contributed by atoms with van der Waals surface area (Å²) in [5.41, 5.74) is 3.60. The molecule has 7 heteroatoms. The van der Waals surface area contributed by atoms with Crippen LogP contribution in [0.25, 0.3) is 0 Å². The third-order valence-corrected chi connectivity index (χ3v) is 6.83. The van der Waals surface area contributed by atoms with Gasteiger partial charge >= 0.3 is 0 Å². The van der Waals surface area contributed by atoms with E-state index in [1.807, 2.05) is 29.2 Å². The normalized spacial score (nSPS) is 16.5. The van der Waals surface area contributed by atoms with E-state index in [1.54, 1.807) is 6.92 Å². The molecule has 4 rings (SSSR count). The summed E-state index contributed by atoms with van der Waals surface area (Å²) >= 11 is 1.45. The zero-order valence-corrected chi connectivity index (χ0v) is 19.2. The fraction of sp³-hybridized carbons (Fsp3) is 0.360. The van der Waals surface area contributed by atoms with Crippen molar-refractivity contribution in [1.29, 1.82) is 5.41 Å². The fourth-order valence-electron chi connectivity index (χ4n) is 4.09. The predicted molar refractivity (Wildman–Crippen MR) is 128 cm³/mol. The molecule has 1 fully saturated rings. The molecule has 0 aromatic heterocycles. The molecule has 2 aromatic rings. The van der Waals surface area contributed by atoms with Gasteiger partial charge in [0.15, 0.2) is 0 Å². The van der Waals surface area contributed by atoms with Gasteiger partial charge in [-0.05, 0) is 42.3 Å². The molecule has 0 radical (unpaired) electrons. The molecule has 0 bridgehead atoms. The minimum absolute atomic E-state index is 0.0443. The second-order valence-corrected chi connectivity index (χ2v) is 9.22. The van der Waals surface area contributed by atoms with Gasteiger partial charge < -0.3 is 20.2 Å². The Hall–Kier alpha value is -2.77. The van der Waals surface area contributed by atoms with Crippen LogP contribution in [0, 0.1) is 5.41 Å². The summed E-state index contributed by atoms with van der Waals surface area (Å²) in [6.07, 6.45) is 2.42. The van der Waals surface area contributed by atoms with E-state index < -0.39 is 0 Å². The van der Waals surface area contributed by atoms with E-state index in [1.165, 1.54) is 29.0 Å². The zero-order chi connectivity index (χ0) is 22.5. The van der Waals surface area contributed by atoms with E-state index in [0.29, 0.717) is 30.1 Å². The number of piperazine rings is 1. The number of amides is 1. The molecule has 2 aromatic carbocycles. The topological polar surface area (TPSA) is 76.9 Å². The van der Waals surface area contributed by atoms with Crippen LogP contribution < -0.4 is 4.74 Å². The summed E-state index contributed by atoms with van der Waals surface area (Å²) in [6.45, 7) is 6.32. The van der Waals surface area contributed by atoms with Crippen LogP contribution in [0.1, 0.15) is 28.4 Å². The van der Waals surface area contributed by atoms with E-state index in [9.17, 15) is 9.90 Å². The maximum Gasteiger partial charge on any atom is 0.255 e. The van der Waals surface area contributed by atoms with Gasteiger partial charge in [0.2, 0.25) is 0 Å². The first-order valence-corrected chi connectivity index (χ1v) is 11.9. The predicted octanol–water partition coefficient (Wildman–Crippen LogP) is 4.15. The van der Waals surface area contributed by atoms with E-state index >= 15 is 0 Å². The Morgan fingerprint density at radius 1 is 1.19 bits per heavy atom. The van der Waals surface area contributed by atoms with Crippen LogP contribution in [0.15, 0.2) is 59.2 Å². The van der Waals surface area contributed by atoms with Crippen LogP contribution in [0.3, 0.4) is 0 Å². The molecular weight excluding hydrogens is 422 g/mol. The Morgan fingerprint density at radius 3 is 2.75 bits per heavy atom. The SMILES string of the molecule is C/C(O)=C/C(=N)CSc1ccccc1C(=O)N1CCN(Cc2ccc3c(c2)CCO3)CC1. The first-order chi connectivity index (χ1) is 15.5. The summed E-state index contributed by atoms with van der Waals surface area (Å²) in [7, 11) is 0. The maximum atomic E-state index is 13.2. The standard InChI is InChI=1S/C25H29N3O3S/c1-18(29)14-21(26)17-32-24-5-3-2-4-22(24)25(30)28-11-9-27(10-12-28)16-19-6-7-23-20(15-19)8-13-31-23/h2-7,14-15,26,29H,8-13,16-17H2,1H3/b18-14-,26-21?. The lowest BCUT2D eigenvalue weighted by molar-refractivity contribution is 0.0625. The van der Waals surface area contributed by atoms with Crippen molar-refractivity contribution >= 4 is 23.4 Å². The number of allylic oxidation sites excluding steroid dienone is 2. The van der Waals surface area contributed by atoms with Gasteiger partial charge in [0.25, 0.3) is 5.91 Å². The highest BCUT2D eigenvalue weighted by atomic mass is 32.2. The number of aliphatic hydroxyl groups excluding tert-OH is 1. The number of hydrogen-bond acceptors (Lipinski definition) is 6. The first kappa shape index (κ1) is 22.4. The minimum atomic E-state index is 0.0443. The molecule has 32 heavy (non-hydrogen) atoms. The minimum Gasteiger partial charge on any atom is -0.513 e. The van der Waals surface area contributed by atoms with Crippen LogP contribution in [-0.4, -0.2) is 65.1 Å². The van der Waals surface area contributed by atoms with Crippen molar-refractivity contribution in [1.82, 2.24) is 9.80 Å². The molecule has 2 aliphatic heterocycles. The number of ether oxygens (including phenoxy) is 1. The number of benzene rings is 2. The Kier molecular flexibility index (Phi) is 7.17. The van der Waals surface area contributed by atoms with Crippen molar-refractivity contribution in [2.75, 3.05) is 38.5 Å². The molecule has 168 valence electrons. The summed E-state index contributed by atoms with van der Waals surface area (Å²) < 4.78 is 5.60. The first-order valence-electron chi connectivity index (χ1n) is 10.9. The molecule has 0 unspecified atom stereocenters. The lowest BCUT2D eigenvalue weighted by Gasteiger charge is -2.35. The van der Waals surface area contributed by atoms with Crippen molar-refractivity contribution in [3.63, 3.8) is 0 Å². The third kappa shape index (κ3) is 5.53. The lowest BCUT2D eigenvalue weighted by atomic mass is 10.1. The molecule has 2 aliphatic rings. The number of carbonyl (C=O) groups excluding carboxylic acids is 1. The molecule has 6 nitrogen and oxygen atoms in total. The van der Waals surface area contributed by atoms with Gasteiger partial charge in [-0.15, -0.1) is 11.8 Å². The van der Waals surface area contributed by atoms with E-state index in [4.69, 9.17) is 10.1 Å². The molecule has 1 saturated heterocycles. The van der Waals surface area contributed by atoms with E-state index in [-0.39, 0.29) is 11.7 Å². The van der Waals surface area contributed by atoms with Gasteiger partial charge in [0.1, 0.15) is 5.75 Å². The second kappa shape index (κ2) is 10.2. The molecule has 2 heterocycles. The number of hydrogen-bond donors (Lipinski definition) is 2. The molecular formula is C25H29N3O3S. The average molecular weight is 452 g/mol. The smallest absolute Gasteiger partial charge is 0.255 e. The van der Waals surface area contributed by atoms with Crippen molar-refractivity contribution in [3.8, 4) is 5.75 Å². The van der Waals surface area contributed by atoms with Crippen molar-refractivity contribution in [3.05, 3.63) is 71.0 Å². The highest BCUT2D eigenvalue weighted by Crippen LogP contribution is 2.27. The number of thioether (sulfide) groups is 1. The number of carbonyl (C=O) groups is 1. The monoisotopic (exact) mass is 451 g/mol. The number of fused-ring (bicyclic) bond motifs is 1. The fourth-order valence-corrected chi connectivity index (χ4v) is 4.97. The Bertz CT molecular complexity index is 1020. The van der Waals surface area contributed by atoms with Crippen LogP contribution in [-0.2, 0) is 13.0 Å². The van der Waals surface area contributed by atoms with Gasteiger partial charge in [0, 0.05) is 55.5 Å². The van der Waals surface area contributed by atoms with Gasteiger partial charge in [-0.25, -0.2) is 0 Å². The Labute approximate surface area is 193 Å². The highest BCUT2D eigenvalue weighted by Gasteiger charge is 2.24. The Morgan fingerprint density at radius 2 is 1.97 bits per heavy atom. The van der Waals surface area contributed by atoms with Gasteiger partial charge in [-0.1, -0.05) is 24.3 Å². The van der Waals surface area contributed by atoms with Crippen molar-refractivity contribution in [2.45, 2.75) is 24.8 Å². The number of rotatable bonds is 7. The molecule has 0 saturated carbocycles. The number of aliphatic hydroxyl groups is 1. The number of nitrogens with zero attached hydrogens (tertiary/aromatic N) is 2. The zero-order valence-electron chi connectivity index (χ0n) is 18.3. The molecule has 1 amide bonds.